The molecule has 0 bridgehead atoms. The SMILES string of the molecule is COc1cc(Cl)c(F)c(CCON)c1OC. The summed E-state index contributed by atoms with van der Waals surface area (Å²) >= 11 is 5.72. The number of halogens is 2. The zero-order valence-electron chi connectivity index (χ0n) is 9.05. The molecule has 0 spiro atoms. The molecule has 16 heavy (non-hydrogen) atoms. The van der Waals surface area contributed by atoms with Gasteiger partial charge in [-0.15, -0.1) is 0 Å². The van der Waals surface area contributed by atoms with Gasteiger partial charge in [0.05, 0.1) is 25.8 Å². The molecular formula is C10H13ClFNO3. The molecule has 0 heterocycles. The summed E-state index contributed by atoms with van der Waals surface area (Å²) in [4.78, 5) is 4.41. The van der Waals surface area contributed by atoms with Crippen molar-refractivity contribution in [3.8, 4) is 11.5 Å². The minimum atomic E-state index is -0.545. The van der Waals surface area contributed by atoms with Gasteiger partial charge < -0.3 is 14.3 Å². The predicted octanol–water partition coefficient (Wildman–Crippen LogP) is 1.93. The second kappa shape index (κ2) is 5.89. The number of benzene rings is 1. The van der Waals surface area contributed by atoms with Crippen LogP contribution in [0, 0.1) is 5.82 Å². The van der Waals surface area contributed by atoms with E-state index in [9.17, 15) is 4.39 Å². The first-order chi connectivity index (χ1) is 7.65. The molecule has 2 N–H and O–H groups in total. The third kappa shape index (κ3) is 2.55. The Hall–Kier alpha value is -1.04. The molecule has 0 aliphatic heterocycles. The molecule has 0 atom stereocenters. The maximum Gasteiger partial charge on any atom is 0.167 e. The Morgan fingerprint density at radius 2 is 2.06 bits per heavy atom. The summed E-state index contributed by atoms with van der Waals surface area (Å²) < 4.78 is 23.8. The highest BCUT2D eigenvalue weighted by atomic mass is 35.5. The number of hydrogen-bond acceptors (Lipinski definition) is 4. The van der Waals surface area contributed by atoms with Crippen LogP contribution in [0.15, 0.2) is 6.07 Å². The summed E-state index contributed by atoms with van der Waals surface area (Å²) in [6.45, 7) is 0.163. The topological polar surface area (TPSA) is 53.7 Å². The Balaban J connectivity index is 3.23. The normalized spacial score (nSPS) is 10.3. The Morgan fingerprint density at radius 3 is 2.56 bits per heavy atom. The summed E-state index contributed by atoms with van der Waals surface area (Å²) in [5, 5.41) is -0.0235. The Morgan fingerprint density at radius 1 is 1.38 bits per heavy atom. The lowest BCUT2D eigenvalue weighted by Crippen LogP contribution is -2.07. The van der Waals surface area contributed by atoms with E-state index in [0.29, 0.717) is 11.5 Å². The molecule has 4 nitrogen and oxygen atoms in total. The highest BCUT2D eigenvalue weighted by molar-refractivity contribution is 6.31. The van der Waals surface area contributed by atoms with Crippen molar-refractivity contribution in [1.29, 1.82) is 0 Å². The van der Waals surface area contributed by atoms with Crippen molar-refractivity contribution in [2.24, 2.45) is 5.90 Å². The molecule has 0 fully saturated rings. The van der Waals surface area contributed by atoms with Crippen molar-refractivity contribution in [3.05, 3.63) is 22.5 Å². The summed E-state index contributed by atoms with van der Waals surface area (Å²) in [7, 11) is 2.88. The number of rotatable bonds is 5. The second-order valence-electron chi connectivity index (χ2n) is 3.01. The van der Waals surface area contributed by atoms with Crippen LogP contribution in [0.4, 0.5) is 4.39 Å². The molecule has 0 radical (unpaired) electrons. The lowest BCUT2D eigenvalue weighted by molar-refractivity contribution is 0.140. The maximum absolute atomic E-state index is 13.7. The number of nitrogens with two attached hydrogens (primary N) is 1. The van der Waals surface area contributed by atoms with Crippen molar-refractivity contribution >= 4 is 11.6 Å². The van der Waals surface area contributed by atoms with E-state index in [1.54, 1.807) is 0 Å². The minimum Gasteiger partial charge on any atom is -0.493 e. The Kier molecular flexibility index (Phi) is 4.79. The summed E-state index contributed by atoms with van der Waals surface area (Å²) in [6, 6.07) is 1.36. The largest absolute Gasteiger partial charge is 0.493 e. The van der Waals surface area contributed by atoms with Crippen LogP contribution < -0.4 is 15.4 Å². The van der Waals surface area contributed by atoms with Gasteiger partial charge in [-0.25, -0.2) is 10.3 Å². The maximum atomic E-state index is 13.7. The number of methoxy groups -OCH3 is 2. The lowest BCUT2D eigenvalue weighted by Gasteiger charge is -2.14. The summed E-state index contributed by atoms with van der Waals surface area (Å²) in [5.74, 6) is 5.04. The average molecular weight is 250 g/mol. The lowest BCUT2D eigenvalue weighted by atomic mass is 10.1. The van der Waals surface area contributed by atoms with Crippen LogP contribution in [0.25, 0.3) is 0 Å². The first kappa shape index (κ1) is 13.0. The van der Waals surface area contributed by atoms with Crippen LogP contribution in [0.5, 0.6) is 11.5 Å². The van der Waals surface area contributed by atoms with Crippen LogP contribution in [0.3, 0.4) is 0 Å². The molecule has 1 aromatic rings. The fourth-order valence-electron chi connectivity index (χ4n) is 1.40. The first-order valence-corrected chi connectivity index (χ1v) is 4.94. The molecule has 0 aliphatic rings. The summed E-state index contributed by atoms with van der Waals surface area (Å²) in [6.07, 6.45) is 0.252. The van der Waals surface area contributed by atoms with Crippen molar-refractivity contribution in [2.75, 3.05) is 20.8 Å². The van der Waals surface area contributed by atoms with Crippen LogP contribution in [-0.4, -0.2) is 20.8 Å². The van der Waals surface area contributed by atoms with Gasteiger partial charge in [-0.3, -0.25) is 0 Å². The molecule has 0 aliphatic carbocycles. The quantitative estimate of drug-likeness (QED) is 0.811. The highest BCUT2D eigenvalue weighted by Crippen LogP contribution is 2.37. The number of ether oxygens (including phenoxy) is 2. The Labute approximate surface area is 98.0 Å². The van der Waals surface area contributed by atoms with E-state index in [1.165, 1.54) is 20.3 Å². The van der Waals surface area contributed by atoms with E-state index in [4.69, 9.17) is 27.0 Å². The molecule has 0 saturated heterocycles. The first-order valence-electron chi connectivity index (χ1n) is 4.56. The zero-order valence-corrected chi connectivity index (χ0v) is 9.81. The Bertz CT molecular complexity index is 374. The highest BCUT2D eigenvalue weighted by Gasteiger charge is 2.18. The van der Waals surface area contributed by atoms with Gasteiger partial charge in [0.2, 0.25) is 0 Å². The molecule has 90 valence electrons. The van der Waals surface area contributed by atoms with Crippen LogP contribution in [-0.2, 0) is 11.3 Å². The van der Waals surface area contributed by atoms with Crippen molar-refractivity contribution in [1.82, 2.24) is 0 Å². The zero-order chi connectivity index (χ0) is 12.1. The van der Waals surface area contributed by atoms with Crippen LogP contribution in [0.1, 0.15) is 5.56 Å². The van der Waals surface area contributed by atoms with Gasteiger partial charge >= 0.3 is 0 Å². The monoisotopic (exact) mass is 249 g/mol. The van der Waals surface area contributed by atoms with Crippen LogP contribution >= 0.6 is 11.6 Å². The van der Waals surface area contributed by atoms with Gasteiger partial charge in [0.15, 0.2) is 11.5 Å². The molecule has 1 aromatic carbocycles. The van der Waals surface area contributed by atoms with Gasteiger partial charge in [-0.2, -0.15) is 0 Å². The van der Waals surface area contributed by atoms with E-state index in [-0.39, 0.29) is 23.6 Å². The smallest absolute Gasteiger partial charge is 0.167 e. The van der Waals surface area contributed by atoms with E-state index >= 15 is 0 Å². The third-order valence-corrected chi connectivity index (χ3v) is 2.40. The molecule has 1 rings (SSSR count). The average Bonchev–Trinajstić information content (AvgIpc) is 2.30. The van der Waals surface area contributed by atoms with Gasteiger partial charge in [0.25, 0.3) is 0 Å². The van der Waals surface area contributed by atoms with Gasteiger partial charge in [-0.1, -0.05) is 11.6 Å². The minimum absolute atomic E-state index is 0.0235. The standard InChI is InChI=1S/C10H13ClFNO3/c1-14-8-5-7(11)9(12)6(3-4-16-13)10(8)15-2/h5H,3-4,13H2,1-2H3. The van der Waals surface area contributed by atoms with Crippen LogP contribution in [0.2, 0.25) is 5.02 Å². The van der Waals surface area contributed by atoms with E-state index in [0.717, 1.165) is 0 Å². The molecular weight excluding hydrogens is 237 g/mol. The van der Waals surface area contributed by atoms with Gasteiger partial charge in [0, 0.05) is 18.1 Å². The van der Waals surface area contributed by atoms with E-state index in [1.807, 2.05) is 0 Å². The fraction of sp³-hybridized carbons (Fsp3) is 0.400. The molecule has 0 aromatic heterocycles. The van der Waals surface area contributed by atoms with Gasteiger partial charge in [-0.05, 0) is 0 Å². The summed E-state index contributed by atoms with van der Waals surface area (Å²) in [5.41, 5.74) is 0.289. The number of hydrogen-bond donors (Lipinski definition) is 1. The fourth-order valence-corrected chi connectivity index (χ4v) is 1.61. The van der Waals surface area contributed by atoms with Gasteiger partial charge in [0.1, 0.15) is 5.82 Å². The van der Waals surface area contributed by atoms with Crippen molar-refractivity contribution < 1.29 is 18.7 Å². The predicted molar refractivity (Wildman–Crippen MR) is 58.4 cm³/mol. The van der Waals surface area contributed by atoms with Crippen molar-refractivity contribution in [2.45, 2.75) is 6.42 Å². The van der Waals surface area contributed by atoms with Crippen molar-refractivity contribution in [3.63, 3.8) is 0 Å². The molecule has 6 heteroatoms. The third-order valence-electron chi connectivity index (χ3n) is 2.12. The van der Waals surface area contributed by atoms with E-state index in [2.05, 4.69) is 4.84 Å². The molecule has 0 saturated carbocycles. The molecule has 0 unspecified atom stereocenters. The van der Waals surface area contributed by atoms with E-state index < -0.39 is 5.82 Å². The second-order valence-corrected chi connectivity index (χ2v) is 3.41. The molecule has 0 amide bonds.